The summed E-state index contributed by atoms with van der Waals surface area (Å²) >= 11 is 0. The lowest BCUT2D eigenvalue weighted by Gasteiger charge is -2.29. The van der Waals surface area contributed by atoms with Crippen LogP contribution in [-0.4, -0.2) is 52.5 Å². The van der Waals surface area contributed by atoms with E-state index in [1.54, 1.807) is 10.7 Å². The molecule has 2 aromatic rings. The van der Waals surface area contributed by atoms with Gasteiger partial charge < -0.3 is 15.0 Å². The molecule has 0 spiro atoms. The summed E-state index contributed by atoms with van der Waals surface area (Å²) < 4.78 is 43.2. The quantitative estimate of drug-likeness (QED) is 0.516. The summed E-state index contributed by atoms with van der Waals surface area (Å²) in [6.07, 6.45) is 3.02. The third-order valence-electron chi connectivity index (χ3n) is 5.13. The van der Waals surface area contributed by atoms with Crippen LogP contribution in [0.4, 0.5) is 19.0 Å². The molecule has 30 heavy (non-hydrogen) atoms. The van der Waals surface area contributed by atoms with Crippen LogP contribution in [0.15, 0.2) is 36.2 Å². The molecule has 1 aliphatic rings. The molecule has 9 heteroatoms. The second-order valence-corrected chi connectivity index (χ2v) is 7.63. The van der Waals surface area contributed by atoms with Gasteiger partial charge in [0.25, 0.3) is 0 Å². The highest BCUT2D eigenvalue weighted by Gasteiger charge is 2.31. The van der Waals surface area contributed by atoms with Gasteiger partial charge in [-0.15, -0.1) is 18.3 Å². The van der Waals surface area contributed by atoms with Gasteiger partial charge in [0.15, 0.2) is 5.65 Å². The van der Waals surface area contributed by atoms with Gasteiger partial charge in [0.05, 0.1) is 11.9 Å². The SMILES string of the molecule is CC/C=C(\C=C(/C)OC(F)(F)F)c1cnc2ccc(NCC3CCN(C)CC3)nn12. The highest BCUT2D eigenvalue weighted by Crippen LogP contribution is 2.25. The molecule has 0 aliphatic carbocycles. The molecule has 3 heterocycles. The summed E-state index contributed by atoms with van der Waals surface area (Å²) in [7, 11) is 2.14. The summed E-state index contributed by atoms with van der Waals surface area (Å²) in [6, 6.07) is 3.72. The van der Waals surface area contributed by atoms with Gasteiger partial charge in [0.1, 0.15) is 11.6 Å². The smallest absolute Gasteiger partial charge is 0.411 e. The van der Waals surface area contributed by atoms with Crippen molar-refractivity contribution in [2.45, 2.75) is 39.5 Å². The van der Waals surface area contributed by atoms with Crippen LogP contribution < -0.4 is 5.32 Å². The van der Waals surface area contributed by atoms with Crippen LogP contribution in [0.25, 0.3) is 11.2 Å². The second kappa shape index (κ2) is 9.51. The average molecular weight is 423 g/mol. The fraction of sp³-hybridized carbons (Fsp3) is 0.524. The summed E-state index contributed by atoms with van der Waals surface area (Å²) in [6.45, 7) is 6.23. The number of ether oxygens (including phenoxy) is 1. The molecule has 0 unspecified atom stereocenters. The topological polar surface area (TPSA) is 54.7 Å². The fourth-order valence-corrected chi connectivity index (χ4v) is 3.57. The summed E-state index contributed by atoms with van der Waals surface area (Å²) in [5.41, 5.74) is 1.81. The first kappa shape index (κ1) is 22.1. The minimum Gasteiger partial charge on any atom is -0.411 e. The van der Waals surface area contributed by atoms with E-state index in [4.69, 9.17) is 0 Å². The minimum absolute atomic E-state index is 0.242. The van der Waals surface area contributed by atoms with Gasteiger partial charge in [0.2, 0.25) is 0 Å². The second-order valence-electron chi connectivity index (χ2n) is 7.63. The maximum atomic E-state index is 12.5. The third-order valence-corrected chi connectivity index (χ3v) is 5.13. The molecule has 3 rings (SSSR count). The molecule has 0 bridgehead atoms. The van der Waals surface area contributed by atoms with Gasteiger partial charge >= 0.3 is 6.36 Å². The number of allylic oxidation sites excluding steroid dienone is 4. The zero-order chi connectivity index (χ0) is 21.7. The predicted octanol–water partition coefficient (Wildman–Crippen LogP) is 4.72. The summed E-state index contributed by atoms with van der Waals surface area (Å²) in [5.74, 6) is 1.07. The number of hydrogen-bond donors (Lipinski definition) is 1. The van der Waals surface area contributed by atoms with Crippen molar-refractivity contribution in [3.63, 3.8) is 0 Å². The van der Waals surface area contributed by atoms with Crippen molar-refractivity contribution < 1.29 is 17.9 Å². The number of imidazole rings is 1. The number of alkyl halides is 3. The largest absolute Gasteiger partial charge is 0.572 e. The van der Waals surface area contributed by atoms with E-state index in [1.807, 2.05) is 25.1 Å². The summed E-state index contributed by atoms with van der Waals surface area (Å²) in [5, 5.41) is 8.01. The van der Waals surface area contributed by atoms with E-state index in [0.29, 0.717) is 35.1 Å². The van der Waals surface area contributed by atoms with Gasteiger partial charge in [-0.2, -0.15) is 0 Å². The van der Waals surface area contributed by atoms with Crippen molar-refractivity contribution >= 4 is 17.0 Å². The number of halogens is 3. The highest BCUT2D eigenvalue weighted by molar-refractivity contribution is 5.73. The number of piperidine rings is 1. The van der Waals surface area contributed by atoms with Crippen LogP contribution in [0.2, 0.25) is 0 Å². The minimum atomic E-state index is -4.72. The first-order valence-electron chi connectivity index (χ1n) is 10.2. The molecule has 1 aliphatic heterocycles. The number of hydrogen-bond acceptors (Lipinski definition) is 5. The van der Waals surface area contributed by atoms with Gasteiger partial charge in [-0.25, -0.2) is 9.50 Å². The average Bonchev–Trinajstić information content (AvgIpc) is 3.09. The van der Waals surface area contributed by atoms with Gasteiger partial charge in [-0.3, -0.25) is 0 Å². The molecule has 0 radical (unpaired) electrons. The Kier molecular flexibility index (Phi) is 7.02. The van der Waals surface area contributed by atoms with Crippen LogP contribution in [0.1, 0.15) is 38.8 Å². The number of fused-ring (bicyclic) bond motifs is 1. The molecular weight excluding hydrogens is 395 g/mol. The molecular formula is C21H28F3N5O. The zero-order valence-electron chi connectivity index (χ0n) is 17.5. The van der Waals surface area contributed by atoms with E-state index in [1.165, 1.54) is 13.0 Å². The van der Waals surface area contributed by atoms with Crippen LogP contribution >= 0.6 is 0 Å². The van der Waals surface area contributed by atoms with E-state index in [-0.39, 0.29) is 5.76 Å². The first-order chi connectivity index (χ1) is 14.2. The van der Waals surface area contributed by atoms with Crippen LogP contribution in [0, 0.1) is 5.92 Å². The molecule has 2 aromatic heterocycles. The van der Waals surface area contributed by atoms with Crippen LogP contribution in [-0.2, 0) is 4.74 Å². The molecule has 0 saturated carbocycles. The number of anilines is 1. The Bertz CT molecular complexity index is 911. The van der Waals surface area contributed by atoms with Crippen molar-refractivity contribution in [3.05, 3.63) is 41.9 Å². The van der Waals surface area contributed by atoms with Gasteiger partial charge in [-0.1, -0.05) is 13.0 Å². The molecule has 0 aromatic carbocycles. The number of nitrogens with zero attached hydrogens (tertiary/aromatic N) is 4. The number of nitrogens with one attached hydrogen (secondary N) is 1. The maximum Gasteiger partial charge on any atom is 0.572 e. The van der Waals surface area contributed by atoms with Crippen LogP contribution in [0.5, 0.6) is 0 Å². The van der Waals surface area contributed by atoms with Gasteiger partial charge in [-0.05, 0) is 70.5 Å². The zero-order valence-corrected chi connectivity index (χ0v) is 17.5. The predicted molar refractivity (Wildman–Crippen MR) is 111 cm³/mol. The van der Waals surface area contributed by atoms with E-state index < -0.39 is 6.36 Å². The Labute approximate surface area is 174 Å². The van der Waals surface area contributed by atoms with E-state index >= 15 is 0 Å². The third kappa shape index (κ3) is 5.98. The van der Waals surface area contributed by atoms with Crippen molar-refractivity contribution in [3.8, 4) is 0 Å². The standard InChI is InChI=1S/C21H28F3N5O/c1-4-5-17(12-15(2)30-21(22,23)24)18-14-26-20-7-6-19(27-29(18)20)25-13-16-8-10-28(3)11-9-16/h5-7,12,14,16H,4,8-11,13H2,1-3H3,(H,25,27)/b15-12+,17-5+. The molecule has 1 N–H and O–H groups in total. The Hall–Kier alpha value is -2.55. The number of likely N-dealkylation sites (tertiary alicyclic amines) is 1. The monoisotopic (exact) mass is 423 g/mol. The highest BCUT2D eigenvalue weighted by atomic mass is 19.4. The lowest BCUT2D eigenvalue weighted by molar-refractivity contribution is -0.305. The molecule has 6 nitrogen and oxygen atoms in total. The molecule has 0 amide bonds. The molecule has 1 saturated heterocycles. The normalized spacial score (nSPS) is 17.5. The Morgan fingerprint density at radius 1 is 1.30 bits per heavy atom. The van der Waals surface area contributed by atoms with Gasteiger partial charge in [0, 0.05) is 12.1 Å². The first-order valence-corrected chi connectivity index (χ1v) is 10.2. The maximum absolute atomic E-state index is 12.5. The van der Waals surface area contributed by atoms with E-state index in [2.05, 4.69) is 32.1 Å². The van der Waals surface area contributed by atoms with Crippen LogP contribution in [0.3, 0.4) is 0 Å². The van der Waals surface area contributed by atoms with Crippen molar-refractivity contribution in [2.75, 3.05) is 32.0 Å². The number of rotatable bonds is 7. The number of aromatic nitrogens is 3. The van der Waals surface area contributed by atoms with E-state index in [0.717, 1.165) is 32.5 Å². The molecule has 1 fully saturated rings. The Morgan fingerprint density at radius 3 is 2.70 bits per heavy atom. The lowest BCUT2D eigenvalue weighted by Crippen LogP contribution is -2.33. The van der Waals surface area contributed by atoms with Crippen molar-refractivity contribution in [2.24, 2.45) is 5.92 Å². The Balaban J connectivity index is 1.80. The van der Waals surface area contributed by atoms with Crippen molar-refractivity contribution in [1.29, 1.82) is 0 Å². The summed E-state index contributed by atoms with van der Waals surface area (Å²) in [4.78, 5) is 6.67. The van der Waals surface area contributed by atoms with E-state index in [9.17, 15) is 13.2 Å². The Morgan fingerprint density at radius 2 is 2.03 bits per heavy atom. The molecule has 0 atom stereocenters. The fourth-order valence-electron chi connectivity index (χ4n) is 3.57. The van der Waals surface area contributed by atoms with Crippen molar-refractivity contribution in [1.82, 2.24) is 19.5 Å². The molecule has 164 valence electrons. The lowest BCUT2D eigenvalue weighted by atomic mass is 9.97.